The SMILES string of the molecule is COC(=O)NCc1cc(-c2cncn2C)c(S(=O)(=O)c2ccccc2)s1. The van der Waals surface area contributed by atoms with Crippen molar-refractivity contribution in [3.63, 3.8) is 0 Å². The summed E-state index contributed by atoms with van der Waals surface area (Å²) in [7, 11) is -0.631. The maximum absolute atomic E-state index is 13.1. The Morgan fingerprint density at radius 3 is 2.65 bits per heavy atom. The van der Waals surface area contributed by atoms with Crippen molar-refractivity contribution < 1.29 is 17.9 Å². The molecule has 3 aromatic rings. The predicted octanol–water partition coefficient (Wildman–Crippen LogP) is 2.84. The maximum Gasteiger partial charge on any atom is 0.407 e. The predicted molar refractivity (Wildman–Crippen MR) is 97.7 cm³/mol. The van der Waals surface area contributed by atoms with Crippen LogP contribution in [0.1, 0.15) is 4.88 Å². The van der Waals surface area contributed by atoms with Crippen LogP contribution >= 0.6 is 11.3 Å². The molecule has 7 nitrogen and oxygen atoms in total. The number of carbonyl (C=O) groups excluding carboxylic acids is 1. The summed E-state index contributed by atoms with van der Waals surface area (Å²) in [6.45, 7) is 0.173. The molecule has 26 heavy (non-hydrogen) atoms. The number of benzene rings is 1. The lowest BCUT2D eigenvalue weighted by Crippen LogP contribution is -2.21. The molecule has 0 aliphatic rings. The quantitative estimate of drug-likeness (QED) is 0.722. The van der Waals surface area contributed by atoms with Crippen LogP contribution in [-0.2, 0) is 28.2 Å². The second kappa shape index (κ2) is 7.30. The molecule has 0 fully saturated rings. The van der Waals surface area contributed by atoms with Gasteiger partial charge < -0.3 is 14.6 Å². The molecule has 0 radical (unpaired) electrons. The van der Waals surface area contributed by atoms with Crippen LogP contribution in [-0.4, -0.2) is 31.2 Å². The Morgan fingerprint density at radius 2 is 2.04 bits per heavy atom. The molecule has 0 aliphatic heterocycles. The molecule has 0 aliphatic carbocycles. The number of methoxy groups -OCH3 is 1. The van der Waals surface area contributed by atoms with E-state index < -0.39 is 15.9 Å². The molecule has 2 aromatic heterocycles. The highest BCUT2D eigenvalue weighted by atomic mass is 32.2. The third-order valence-electron chi connectivity index (χ3n) is 3.73. The number of nitrogens with zero attached hydrogens (tertiary/aromatic N) is 2. The van der Waals surface area contributed by atoms with Crippen molar-refractivity contribution in [2.75, 3.05) is 7.11 Å². The molecule has 1 amide bonds. The molecule has 0 bridgehead atoms. The average Bonchev–Trinajstić information content (AvgIpc) is 3.26. The lowest BCUT2D eigenvalue weighted by molar-refractivity contribution is 0.170. The minimum Gasteiger partial charge on any atom is -0.453 e. The molecule has 0 unspecified atom stereocenters. The van der Waals surface area contributed by atoms with Crippen LogP contribution in [0.5, 0.6) is 0 Å². The number of rotatable bonds is 5. The minimum absolute atomic E-state index is 0.173. The van der Waals surface area contributed by atoms with Gasteiger partial charge in [-0.1, -0.05) is 18.2 Å². The van der Waals surface area contributed by atoms with Crippen molar-refractivity contribution in [1.82, 2.24) is 14.9 Å². The number of hydrogen-bond acceptors (Lipinski definition) is 6. The Kier molecular flexibility index (Phi) is 5.10. The number of imidazole rings is 1. The smallest absolute Gasteiger partial charge is 0.407 e. The highest BCUT2D eigenvalue weighted by Crippen LogP contribution is 2.38. The molecule has 0 saturated carbocycles. The van der Waals surface area contributed by atoms with Gasteiger partial charge in [-0.25, -0.2) is 18.2 Å². The van der Waals surface area contributed by atoms with Crippen molar-refractivity contribution >= 4 is 27.3 Å². The Hall–Kier alpha value is -2.65. The molecule has 0 saturated heterocycles. The van der Waals surface area contributed by atoms with E-state index in [-0.39, 0.29) is 15.6 Å². The normalized spacial score (nSPS) is 11.3. The van der Waals surface area contributed by atoms with E-state index in [0.29, 0.717) is 16.1 Å². The first-order valence-corrected chi connectivity index (χ1v) is 9.95. The zero-order valence-corrected chi connectivity index (χ0v) is 15.8. The zero-order chi connectivity index (χ0) is 18.7. The molecule has 9 heteroatoms. The molecule has 2 heterocycles. The second-order valence-corrected chi connectivity index (χ2v) is 8.75. The first-order chi connectivity index (χ1) is 12.4. The number of aromatic nitrogens is 2. The van der Waals surface area contributed by atoms with E-state index in [9.17, 15) is 13.2 Å². The van der Waals surface area contributed by atoms with Gasteiger partial charge in [0, 0.05) is 17.5 Å². The minimum atomic E-state index is -3.70. The van der Waals surface area contributed by atoms with Gasteiger partial charge in [0.1, 0.15) is 4.21 Å². The highest BCUT2D eigenvalue weighted by molar-refractivity contribution is 7.93. The largest absolute Gasteiger partial charge is 0.453 e. The number of aryl methyl sites for hydroxylation is 1. The van der Waals surface area contributed by atoms with Crippen molar-refractivity contribution in [1.29, 1.82) is 0 Å². The van der Waals surface area contributed by atoms with E-state index in [1.54, 1.807) is 60.5 Å². The number of hydrogen-bond donors (Lipinski definition) is 1. The van der Waals surface area contributed by atoms with Crippen molar-refractivity contribution in [2.45, 2.75) is 15.6 Å². The molecule has 136 valence electrons. The lowest BCUT2D eigenvalue weighted by atomic mass is 10.2. The zero-order valence-electron chi connectivity index (χ0n) is 14.2. The fourth-order valence-electron chi connectivity index (χ4n) is 2.44. The van der Waals surface area contributed by atoms with Crippen molar-refractivity contribution in [3.8, 4) is 11.3 Å². The van der Waals surface area contributed by atoms with Gasteiger partial charge >= 0.3 is 6.09 Å². The Labute approximate surface area is 155 Å². The number of ether oxygens (including phenoxy) is 1. The molecule has 3 rings (SSSR count). The van der Waals surface area contributed by atoms with Gasteiger partial charge in [-0.3, -0.25) is 0 Å². The van der Waals surface area contributed by atoms with Crippen LogP contribution in [0.4, 0.5) is 4.79 Å². The third-order valence-corrected chi connectivity index (χ3v) is 7.17. The summed E-state index contributed by atoms with van der Waals surface area (Å²) in [6.07, 6.45) is 2.65. The van der Waals surface area contributed by atoms with Gasteiger partial charge in [0.25, 0.3) is 0 Å². The monoisotopic (exact) mass is 391 g/mol. The van der Waals surface area contributed by atoms with Crippen LogP contribution in [0.25, 0.3) is 11.3 Å². The summed E-state index contributed by atoms with van der Waals surface area (Å²) in [5.74, 6) is 0. The number of alkyl carbamates (subject to hydrolysis) is 1. The summed E-state index contributed by atoms with van der Waals surface area (Å²) in [6, 6.07) is 10.0. The molecule has 1 N–H and O–H groups in total. The highest BCUT2D eigenvalue weighted by Gasteiger charge is 2.26. The third kappa shape index (κ3) is 3.49. The van der Waals surface area contributed by atoms with E-state index >= 15 is 0 Å². The molecule has 0 atom stereocenters. The summed E-state index contributed by atoms with van der Waals surface area (Å²) >= 11 is 1.12. The average molecular weight is 391 g/mol. The first-order valence-electron chi connectivity index (χ1n) is 7.65. The standard InChI is InChI=1S/C17H17N3O4S2/c1-20-11-18-10-15(20)14-8-12(9-19-17(21)24-2)25-16(14)26(22,23)13-6-4-3-5-7-13/h3-8,10-11H,9H2,1-2H3,(H,19,21). The number of sulfone groups is 1. The number of carbonyl (C=O) groups is 1. The van der Waals surface area contributed by atoms with Gasteiger partial charge in [-0.2, -0.15) is 0 Å². The van der Waals surface area contributed by atoms with Crippen LogP contribution < -0.4 is 5.32 Å². The summed E-state index contributed by atoms with van der Waals surface area (Å²) in [4.78, 5) is 16.3. The Bertz CT molecular complexity index is 1020. The summed E-state index contributed by atoms with van der Waals surface area (Å²) < 4.78 is 32.8. The van der Waals surface area contributed by atoms with Crippen molar-refractivity contribution in [2.24, 2.45) is 7.05 Å². The van der Waals surface area contributed by atoms with Gasteiger partial charge in [0.2, 0.25) is 9.84 Å². The van der Waals surface area contributed by atoms with E-state index in [4.69, 9.17) is 0 Å². The maximum atomic E-state index is 13.1. The number of nitrogens with one attached hydrogen (secondary N) is 1. The molecular weight excluding hydrogens is 374 g/mol. The topological polar surface area (TPSA) is 90.3 Å². The fraction of sp³-hybridized carbons (Fsp3) is 0.176. The van der Waals surface area contributed by atoms with Crippen LogP contribution in [0.3, 0.4) is 0 Å². The van der Waals surface area contributed by atoms with Crippen LogP contribution in [0.15, 0.2) is 58.0 Å². The molecular formula is C17H17N3O4S2. The summed E-state index contributed by atoms with van der Waals surface area (Å²) in [5, 5.41) is 2.57. The van der Waals surface area contributed by atoms with Crippen LogP contribution in [0.2, 0.25) is 0 Å². The summed E-state index contributed by atoms with van der Waals surface area (Å²) in [5.41, 5.74) is 1.24. The van der Waals surface area contributed by atoms with E-state index in [0.717, 1.165) is 11.3 Å². The van der Waals surface area contributed by atoms with E-state index in [2.05, 4.69) is 15.0 Å². The second-order valence-electron chi connectivity index (χ2n) is 5.47. The number of amides is 1. The van der Waals surface area contributed by atoms with Gasteiger partial charge in [-0.15, -0.1) is 11.3 Å². The molecule has 0 spiro atoms. The number of thiophene rings is 1. The fourth-order valence-corrected chi connectivity index (χ4v) is 5.51. The van der Waals surface area contributed by atoms with Gasteiger partial charge in [0.15, 0.2) is 0 Å². The lowest BCUT2D eigenvalue weighted by Gasteiger charge is -2.06. The van der Waals surface area contributed by atoms with E-state index in [1.165, 1.54) is 7.11 Å². The Morgan fingerprint density at radius 1 is 1.31 bits per heavy atom. The van der Waals surface area contributed by atoms with Crippen LogP contribution in [0, 0.1) is 0 Å². The van der Waals surface area contributed by atoms with Crippen molar-refractivity contribution in [3.05, 3.63) is 53.8 Å². The van der Waals surface area contributed by atoms with Gasteiger partial charge in [-0.05, 0) is 18.2 Å². The van der Waals surface area contributed by atoms with Gasteiger partial charge in [0.05, 0.1) is 36.8 Å². The molecule has 1 aromatic carbocycles. The van der Waals surface area contributed by atoms with E-state index in [1.807, 2.05) is 0 Å². The Balaban J connectivity index is 2.09. The first kappa shape index (κ1) is 18.2.